The zero-order valence-electron chi connectivity index (χ0n) is 13.3. The smallest absolute Gasteiger partial charge is 0.307 e. The molecule has 0 aromatic rings. The van der Waals surface area contributed by atoms with Crippen molar-refractivity contribution in [3.63, 3.8) is 0 Å². The van der Waals surface area contributed by atoms with Crippen LogP contribution in [-0.2, 0) is 4.79 Å². The van der Waals surface area contributed by atoms with E-state index in [2.05, 4.69) is 32.9 Å². The third-order valence-electron chi connectivity index (χ3n) is 4.35. The molecular formula is C18H30O2. The lowest BCUT2D eigenvalue weighted by atomic mass is 9.78. The Bertz CT molecular complexity index is 356. The van der Waals surface area contributed by atoms with Crippen LogP contribution < -0.4 is 0 Å². The van der Waals surface area contributed by atoms with E-state index in [0.717, 1.165) is 25.7 Å². The van der Waals surface area contributed by atoms with Gasteiger partial charge in [0.05, 0.1) is 5.92 Å². The molecule has 20 heavy (non-hydrogen) atoms. The highest BCUT2D eigenvalue weighted by Gasteiger charge is 2.28. The van der Waals surface area contributed by atoms with Crippen molar-refractivity contribution >= 4 is 5.97 Å². The van der Waals surface area contributed by atoms with Gasteiger partial charge in [-0.25, -0.2) is 0 Å². The molecule has 0 heterocycles. The fraction of sp³-hybridized carbons (Fsp3) is 0.722. The largest absolute Gasteiger partial charge is 0.481 e. The van der Waals surface area contributed by atoms with Crippen molar-refractivity contribution in [2.24, 2.45) is 11.8 Å². The number of hydrogen-bond donors (Lipinski definition) is 1. The zero-order valence-corrected chi connectivity index (χ0v) is 13.3. The average molecular weight is 278 g/mol. The molecule has 2 nitrogen and oxygen atoms in total. The molecule has 1 rings (SSSR count). The first-order chi connectivity index (χ1) is 9.50. The molecule has 1 aliphatic carbocycles. The summed E-state index contributed by atoms with van der Waals surface area (Å²) >= 11 is 0. The zero-order chi connectivity index (χ0) is 15.0. The number of allylic oxidation sites excluding steroid dienone is 4. The summed E-state index contributed by atoms with van der Waals surface area (Å²) in [7, 11) is 0. The van der Waals surface area contributed by atoms with Crippen molar-refractivity contribution in [2.45, 2.75) is 72.1 Å². The molecule has 1 N–H and O–H groups in total. The highest BCUT2D eigenvalue weighted by atomic mass is 16.4. The third kappa shape index (κ3) is 6.40. The van der Waals surface area contributed by atoms with Crippen LogP contribution in [-0.4, -0.2) is 11.1 Å². The van der Waals surface area contributed by atoms with Gasteiger partial charge in [0, 0.05) is 0 Å². The summed E-state index contributed by atoms with van der Waals surface area (Å²) in [5, 5.41) is 9.45. The molecule has 0 radical (unpaired) electrons. The van der Waals surface area contributed by atoms with E-state index < -0.39 is 5.97 Å². The second-order valence-corrected chi connectivity index (χ2v) is 6.45. The lowest BCUT2D eigenvalue weighted by molar-refractivity contribution is -0.144. The first-order valence-electron chi connectivity index (χ1n) is 8.02. The predicted octanol–water partition coefficient (Wildman–Crippen LogP) is 5.35. The Morgan fingerprint density at radius 2 is 1.80 bits per heavy atom. The standard InChI is InChI=1S/C18H30O2/c1-14(2)8-7-9-15(3)12-13-17(18(19)20)16-10-5-4-6-11-16/h8,12,16-17H,4-7,9-11,13H2,1-3H3,(H,19,20)/b15-12+. The van der Waals surface area contributed by atoms with Crippen LogP contribution in [0.2, 0.25) is 0 Å². The Labute approximate surface area is 124 Å². The van der Waals surface area contributed by atoms with E-state index in [1.54, 1.807) is 0 Å². The molecule has 1 fully saturated rings. The van der Waals surface area contributed by atoms with Crippen LogP contribution in [0.15, 0.2) is 23.3 Å². The normalized spacial score (nSPS) is 18.6. The summed E-state index contributed by atoms with van der Waals surface area (Å²) in [4.78, 5) is 11.5. The van der Waals surface area contributed by atoms with Crippen LogP contribution >= 0.6 is 0 Å². The van der Waals surface area contributed by atoms with Crippen molar-refractivity contribution in [1.82, 2.24) is 0 Å². The Kier molecular flexibility index (Phi) is 7.64. The van der Waals surface area contributed by atoms with E-state index in [0.29, 0.717) is 12.3 Å². The maximum absolute atomic E-state index is 11.5. The Morgan fingerprint density at radius 3 is 2.35 bits per heavy atom. The predicted molar refractivity (Wildman–Crippen MR) is 84.7 cm³/mol. The molecule has 0 spiro atoms. The molecule has 2 heteroatoms. The number of carboxylic acids is 1. The summed E-state index contributed by atoms with van der Waals surface area (Å²) in [6.07, 6.45) is 13.1. The van der Waals surface area contributed by atoms with Crippen LogP contribution in [0, 0.1) is 11.8 Å². The van der Waals surface area contributed by atoms with Gasteiger partial charge in [-0.05, 0) is 58.8 Å². The SMILES string of the molecule is CC(C)=CCC/C(C)=C/CC(C(=O)O)C1CCCCC1. The lowest BCUT2D eigenvalue weighted by Crippen LogP contribution is -2.25. The molecule has 1 atom stereocenters. The second kappa shape index (κ2) is 8.99. The van der Waals surface area contributed by atoms with E-state index in [4.69, 9.17) is 0 Å². The van der Waals surface area contributed by atoms with Crippen molar-refractivity contribution in [1.29, 1.82) is 0 Å². The van der Waals surface area contributed by atoms with Gasteiger partial charge in [0.2, 0.25) is 0 Å². The van der Waals surface area contributed by atoms with Crippen molar-refractivity contribution in [3.05, 3.63) is 23.3 Å². The molecule has 1 saturated carbocycles. The third-order valence-corrected chi connectivity index (χ3v) is 4.35. The van der Waals surface area contributed by atoms with Gasteiger partial charge in [-0.15, -0.1) is 0 Å². The molecule has 0 saturated heterocycles. The molecule has 1 unspecified atom stereocenters. The Hall–Kier alpha value is -1.05. The van der Waals surface area contributed by atoms with E-state index in [-0.39, 0.29) is 5.92 Å². The number of aliphatic carboxylic acids is 1. The van der Waals surface area contributed by atoms with Crippen molar-refractivity contribution < 1.29 is 9.90 Å². The van der Waals surface area contributed by atoms with Gasteiger partial charge in [0.1, 0.15) is 0 Å². The molecule has 0 aromatic carbocycles. The molecule has 0 aromatic heterocycles. The van der Waals surface area contributed by atoms with Crippen LogP contribution in [0.4, 0.5) is 0 Å². The Morgan fingerprint density at radius 1 is 1.15 bits per heavy atom. The van der Waals surface area contributed by atoms with Gasteiger partial charge in [-0.3, -0.25) is 4.79 Å². The van der Waals surface area contributed by atoms with Crippen molar-refractivity contribution in [2.75, 3.05) is 0 Å². The van der Waals surface area contributed by atoms with E-state index in [1.807, 2.05) is 0 Å². The quantitative estimate of drug-likeness (QED) is 0.637. The summed E-state index contributed by atoms with van der Waals surface area (Å²) in [5.41, 5.74) is 2.67. The molecule has 0 aliphatic heterocycles. The first kappa shape index (κ1) is 17.0. The fourth-order valence-corrected chi connectivity index (χ4v) is 3.05. The van der Waals surface area contributed by atoms with Crippen LogP contribution in [0.3, 0.4) is 0 Å². The van der Waals surface area contributed by atoms with Gasteiger partial charge in [0.15, 0.2) is 0 Å². The monoisotopic (exact) mass is 278 g/mol. The lowest BCUT2D eigenvalue weighted by Gasteiger charge is -2.26. The summed E-state index contributed by atoms with van der Waals surface area (Å²) in [5.74, 6) is -0.387. The van der Waals surface area contributed by atoms with Gasteiger partial charge >= 0.3 is 5.97 Å². The minimum atomic E-state index is -0.606. The number of rotatable bonds is 7. The summed E-state index contributed by atoms with van der Waals surface area (Å²) in [6, 6.07) is 0. The molecule has 0 amide bonds. The molecule has 0 bridgehead atoms. The summed E-state index contributed by atoms with van der Waals surface area (Å²) in [6.45, 7) is 6.35. The highest BCUT2D eigenvalue weighted by Crippen LogP contribution is 2.32. The van der Waals surface area contributed by atoms with Crippen LogP contribution in [0.5, 0.6) is 0 Å². The molecule has 1 aliphatic rings. The van der Waals surface area contributed by atoms with Crippen LogP contribution in [0.1, 0.15) is 72.1 Å². The minimum absolute atomic E-state index is 0.172. The van der Waals surface area contributed by atoms with Crippen LogP contribution in [0.25, 0.3) is 0 Å². The molecule has 114 valence electrons. The van der Waals surface area contributed by atoms with Gasteiger partial charge in [-0.2, -0.15) is 0 Å². The van der Waals surface area contributed by atoms with Crippen molar-refractivity contribution in [3.8, 4) is 0 Å². The fourth-order valence-electron chi connectivity index (χ4n) is 3.05. The maximum Gasteiger partial charge on any atom is 0.307 e. The average Bonchev–Trinajstić information content (AvgIpc) is 2.39. The van der Waals surface area contributed by atoms with E-state index >= 15 is 0 Å². The van der Waals surface area contributed by atoms with Gasteiger partial charge in [0.25, 0.3) is 0 Å². The Balaban J connectivity index is 2.48. The van der Waals surface area contributed by atoms with Gasteiger partial charge in [-0.1, -0.05) is 42.6 Å². The molecular weight excluding hydrogens is 248 g/mol. The van der Waals surface area contributed by atoms with E-state index in [9.17, 15) is 9.90 Å². The second-order valence-electron chi connectivity index (χ2n) is 6.45. The van der Waals surface area contributed by atoms with Gasteiger partial charge < -0.3 is 5.11 Å². The topological polar surface area (TPSA) is 37.3 Å². The number of carboxylic acid groups (broad SMARTS) is 1. The number of carbonyl (C=O) groups is 1. The first-order valence-corrected chi connectivity index (χ1v) is 8.02. The number of hydrogen-bond acceptors (Lipinski definition) is 1. The van der Waals surface area contributed by atoms with E-state index in [1.165, 1.54) is 30.4 Å². The highest BCUT2D eigenvalue weighted by molar-refractivity contribution is 5.70. The maximum atomic E-state index is 11.5. The summed E-state index contributed by atoms with van der Waals surface area (Å²) < 4.78 is 0. The minimum Gasteiger partial charge on any atom is -0.481 e.